The highest BCUT2D eigenvalue weighted by Gasteiger charge is 2.18. The Morgan fingerprint density at radius 3 is 2.67 bits per heavy atom. The van der Waals surface area contributed by atoms with Crippen molar-refractivity contribution >= 4 is 0 Å². The highest BCUT2D eigenvalue weighted by Crippen LogP contribution is 2.23. The molecule has 4 heteroatoms. The van der Waals surface area contributed by atoms with Gasteiger partial charge in [-0.15, -0.1) is 0 Å². The van der Waals surface area contributed by atoms with Crippen molar-refractivity contribution in [1.29, 1.82) is 0 Å². The highest BCUT2D eigenvalue weighted by molar-refractivity contribution is 5.29. The van der Waals surface area contributed by atoms with Crippen LogP contribution in [0.3, 0.4) is 0 Å². The Balaban J connectivity index is 2.29. The van der Waals surface area contributed by atoms with Crippen LogP contribution in [0, 0.1) is 18.6 Å². The number of halogens is 2. The van der Waals surface area contributed by atoms with E-state index in [-0.39, 0.29) is 6.04 Å². The van der Waals surface area contributed by atoms with Crippen LogP contribution in [0.4, 0.5) is 8.78 Å². The Bertz CT molecular complexity index is 585. The van der Waals surface area contributed by atoms with Crippen molar-refractivity contribution in [3.05, 3.63) is 65.0 Å². The summed E-state index contributed by atoms with van der Waals surface area (Å²) in [6.45, 7) is 4.47. The zero-order valence-electron chi connectivity index (χ0n) is 12.4. The van der Waals surface area contributed by atoms with Gasteiger partial charge in [-0.25, -0.2) is 8.78 Å². The van der Waals surface area contributed by atoms with E-state index < -0.39 is 11.6 Å². The SMILES string of the molecule is CCCNC(Cc1ccccn1)c1cc(C)c(F)cc1F. The largest absolute Gasteiger partial charge is 0.310 e. The Morgan fingerprint density at radius 1 is 1.19 bits per heavy atom. The number of nitrogens with zero attached hydrogens (tertiary/aromatic N) is 1. The number of hydrogen-bond donors (Lipinski definition) is 1. The molecule has 0 bridgehead atoms. The van der Waals surface area contributed by atoms with Gasteiger partial charge in [-0.1, -0.05) is 13.0 Å². The molecule has 1 aromatic carbocycles. The molecule has 1 N–H and O–H groups in total. The molecule has 0 radical (unpaired) electrons. The van der Waals surface area contributed by atoms with Gasteiger partial charge in [-0.05, 0) is 43.7 Å². The van der Waals surface area contributed by atoms with Gasteiger partial charge in [-0.3, -0.25) is 4.98 Å². The van der Waals surface area contributed by atoms with Gasteiger partial charge < -0.3 is 5.32 Å². The normalized spacial score (nSPS) is 12.4. The topological polar surface area (TPSA) is 24.9 Å². The van der Waals surface area contributed by atoms with Crippen molar-refractivity contribution in [3.63, 3.8) is 0 Å². The summed E-state index contributed by atoms with van der Waals surface area (Å²) < 4.78 is 27.5. The predicted octanol–water partition coefficient (Wildman–Crippen LogP) is 3.95. The van der Waals surface area contributed by atoms with Gasteiger partial charge in [0.15, 0.2) is 0 Å². The van der Waals surface area contributed by atoms with Crippen LogP contribution < -0.4 is 5.32 Å². The van der Waals surface area contributed by atoms with Crippen LogP contribution in [0.2, 0.25) is 0 Å². The lowest BCUT2D eigenvalue weighted by molar-refractivity contribution is 0.486. The molecule has 21 heavy (non-hydrogen) atoms. The fraction of sp³-hybridized carbons (Fsp3) is 0.353. The van der Waals surface area contributed by atoms with E-state index >= 15 is 0 Å². The Hall–Kier alpha value is -1.81. The molecule has 0 aliphatic carbocycles. The second-order valence-electron chi connectivity index (χ2n) is 5.15. The van der Waals surface area contributed by atoms with Gasteiger partial charge in [0.2, 0.25) is 0 Å². The first-order chi connectivity index (χ1) is 10.1. The van der Waals surface area contributed by atoms with Crippen molar-refractivity contribution in [1.82, 2.24) is 10.3 Å². The maximum Gasteiger partial charge on any atom is 0.130 e. The van der Waals surface area contributed by atoms with Crippen LogP contribution >= 0.6 is 0 Å². The number of hydrogen-bond acceptors (Lipinski definition) is 2. The lowest BCUT2D eigenvalue weighted by atomic mass is 9.98. The van der Waals surface area contributed by atoms with E-state index in [1.807, 2.05) is 18.2 Å². The number of benzene rings is 1. The van der Waals surface area contributed by atoms with Crippen LogP contribution in [0.5, 0.6) is 0 Å². The van der Waals surface area contributed by atoms with Gasteiger partial charge in [0, 0.05) is 36.0 Å². The fourth-order valence-corrected chi connectivity index (χ4v) is 2.29. The van der Waals surface area contributed by atoms with Crippen molar-refractivity contribution < 1.29 is 8.78 Å². The fourth-order valence-electron chi connectivity index (χ4n) is 2.29. The first kappa shape index (κ1) is 15.6. The number of aromatic nitrogens is 1. The summed E-state index contributed by atoms with van der Waals surface area (Å²) in [6.07, 6.45) is 3.24. The molecule has 0 aliphatic heterocycles. The van der Waals surface area contributed by atoms with E-state index in [0.29, 0.717) is 17.5 Å². The number of rotatable bonds is 6. The van der Waals surface area contributed by atoms with E-state index in [2.05, 4.69) is 17.2 Å². The molecule has 1 unspecified atom stereocenters. The number of nitrogens with one attached hydrogen (secondary N) is 1. The molecule has 2 rings (SSSR count). The van der Waals surface area contributed by atoms with Gasteiger partial charge in [0.1, 0.15) is 11.6 Å². The molecule has 0 aliphatic rings. The molecule has 112 valence electrons. The Morgan fingerprint density at radius 2 is 2.00 bits per heavy atom. The lowest BCUT2D eigenvalue weighted by Gasteiger charge is -2.20. The summed E-state index contributed by atoms with van der Waals surface area (Å²) in [5, 5.41) is 3.32. The van der Waals surface area contributed by atoms with Gasteiger partial charge >= 0.3 is 0 Å². The molecule has 2 aromatic rings. The second-order valence-corrected chi connectivity index (χ2v) is 5.15. The molecule has 1 heterocycles. The smallest absolute Gasteiger partial charge is 0.130 e. The van der Waals surface area contributed by atoms with Crippen molar-refractivity contribution in [2.75, 3.05) is 6.54 Å². The van der Waals surface area contributed by atoms with Crippen molar-refractivity contribution in [2.45, 2.75) is 32.7 Å². The third kappa shape index (κ3) is 4.08. The minimum Gasteiger partial charge on any atom is -0.310 e. The summed E-state index contributed by atoms with van der Waals surface area (Å²) in [5.74, 6) is -1.02. The first-order valence-electron chi connectivity index (χ1n) is 7.20. The van der Waals surface area contributed by atoms with E-state index in [0.717, 1.165) is 24.7 Å². The number of aryl methyl sites for hydroxylation is 1. The maximum absolute atomic E-state index is 14.1. The molecule has 2 nitrogen and oxygen atoms in total. The summed E-state index contributed by atoms with van der Waals surface area (Å²) in [7, 11) is 0. The molecule has 0 spiro atoms. The standard InChI is InChI=1S/C17H20F2N2/c1-3-7-21-17(10-13-6-4-5-8-20-13)14-9-12(2)15(18)11-16(14)19/h4-6,8-9,11,17,21H,3,7,10H2,1-2H3. The molecular formula is C17H20F2N2. The summed E-state index contributed by atoms with van der Waals surface area (Å²) in [4.78, 5) is 4.29. The van der Waals surface area contributed by atoms with Gasteiger partial charge in [0.25, 0.3) is 0 Å². The zero-order chi connectivity index (χ0) is 15.2. The minimum atomic E-state index is -0.511. The molecule has 0 saturated heterocycles. The average molecular weight is 290 g/mol. The summed E-state index contributed by atoms with van der Waals surface area (Å²) in [6, 6.07) is 8.00. The van der Waals surface area contributed by atoms with Crippen LogP contribution in [-0.4, -0.2) is 11.5 Å². The minimum absolute atomic E-state index is 0.209. The van der Waals surface area contributed by atoms with Crippen LogP contribution in [0.1, 0.15) is 36.2 Å². The van der Waals surface area contributed by atoms with Gasteiger partial charge in [0.05, 0.1) is 0 Å². The summed E-state index contributed by atoms with van der Waals surface area (Å²) in [5.41, 5.74) is 1.83. The van der Waals surface area contributed by atoms with E-state index in [4.69, 9.17) is 0 Å². The first-order valence-corrected chi connectivity index (χ1v) is 7.20. The van der Waals surface area contributed by atoms with E-state index in [1.165, 1.54) is 0 Å². The second kappa shape index (κ2) is 7.27. The average Bonchev–Trinajstić information content (AvgIpc) is 2.48. The monoisotopic (exact) mass is 290 g/mol. The molecule has 0 fully saturated rings. The zero-order valence-corrected chi connectivity index (χ0v) is 12.4. The van der Waals surface area contributed by atoms with Crippen LogP contribution in [0.15, 0.2) is 36.5 Å². The highest BCUT2D eigenvalue weighted by atomic mass is 19.1. The van der Waals surface area contributed by atoms with E-state index in [9.17, 15) is 8.78 Å². The van der Waals surface area contributed by atoms with Crippen LogP contribution in [0.25, 0.3) is 0 Å². The molecular weight excluding hydrogens is 270 g/mol. The number of pyridine rings is 1. The van der Waals surface area contributed by atoms with E-state index in [1.54, 1.807) is 19.2 Å². The Kier molecular flexibility index (Phi) is 5.39. The van der Waals surface area contributed by atoms with Gasteiger partial charge in [-0.2, -0.15) is 0 Å². The third-order valence-corrected chi connectivity index (χ3v) is 3.43. The third-order valence-electron chi connectivity index (χ3n) is 3.43. The lowest BCUT2D eigenvalue weighted by Crippen LogP contribution is -2.25. The maximum atomic E-state index is 14.1. The predicted molar refractivity (Wildman–Crippen MR) is 80.1 cm³/mol. The van der Waals surface area contributed by atoms with Crippen molar-refractivity contribution in [3.8, 4) is 0 Å². The molecule has 0 saturated carbocycles. The van der Waals surface area contributed by atoms with Crippen molar-refractivity contribution in [2.24, 2.45) is 0 Å². The quantitative estimate of drug-likeness (QED) is 0.871. The Labute approximate surface area is 124 Å². The van der Waals surface area contributed by atoms with Crippen LogP contribution in [-0.2, 0) is 6.42 Å². The molecule has 0 amide bonds. The molecule has 1 atom stereocenters. The summed E-state index contributed by atoms with van der Waals surface area (Å²) >= 11 is 0. The molecule has 1 aromatic heterocycles.